The molecule has 1 rings (SSSR count). The molecule has 4 heteroatoms. The van der Waals surface area contributed by atoms with Gasteiger partial charge in [0.2, 0.25) is 0 Å². The highest BCUT2D eigenvalue weighted by Crippen LogP contribution is 2.09. The van der Waals surface area contributed by atoms with Gasteiger partial charge < -0.3 is 5.11 Å². The number of nitrogens with zero attached hydrogens (tertiary/aromatic N) is 1. The quantitative estimate of drug-likeness (QED) is 0.776. The molecule has 1 aromatic rings. The van der Waals surface area contributed by atoms with E-state index in [0.717, 1.165) is 6.54 Å². The summed E-state index contributed by atoms with van der Waals surface area (Å²) in [6.45, 7) is 3.39. The second-order valence-corrected chi connectivity index (χ2v) is 4.50. The van der Waals surface area contributed by atoms with E-state index >= 15 is 0 Å². The summed E-state index contributed by atoms with van der Waals surface area (Å²) in [5.74, 6) is -0.813. The van der Waals surface area contributed by atoms with Gasteiger partial charge in [0, 0.05) is 18.7 Å². The maximum Gasteiger partial charge on any atom is 0.331 e. The van der Waals surface area contributed by atoms with Crippen molar-refractivity contribution in [2.75, 3.05) is 13.6 Å². The molecule has 0 spiro atoms. The number of hydrogen-bond donors (Lipinski definition) is 1. The number of carboxylic acid groups (broad SMARTS) is 1. The molecule has 0 unspecified atom stereocenters. The maximum atomic E-state index is 10.8. The Kier molecular flexibility index (Phi) is 5.22. The molecule has 1 heterocycles. The van der Waals surface area contributed by atoms with Crippen LogP contribution in [0.5, 0.6) is 0 Å². The molecule has 0 saturated heterocycles. The number of carbonyl (C=O) groups is 1. The average Bonchev–Trinajstić information content (AvgIpc) is 2.70. The summed E-state index contributed by atoms with van der Waals surface area (Å²) in [5.41, 5.74) is 1.76. The van der Waals surface area contributed by atoms with Crippen LogP contribution in [0.15, 0.2) is 28.5 Å². The standard InChI is InChI=1S/C12H17NO2S/c1-3-11(12(14)15)4-6-13(2)8-10-5-7-16-9-10/h4-5,7,9H,3,6,8H2,1-2H3,(H,14,15). The van der Waals surface area contributed by atoms with Crippen LogP contribution >= 0.6 is 11.3 Å². The zero-order valence-corrected chi connectivity index (χ0v) is 10.5. The van der Waals surface area contributed by atoms with Crippen LogP contribution in [0.4, 0.5) is 0 Å². The van der Waals surface area contributed by atoms with Crippen LogP contribution < -0.4 is 0 Å². The summed E-state index contributed by atoms with van der Waals surface area (Å²) >= 11 is 1.68. The van der Waals surface area contributed by atoms with E-state index in [-0.39, 0.29) is 0 Å². The van der Waals surface area contributed by atoms with Crippen molar-refractivity contribution in [3.63, 3.8) is 0 Å². The fraction of sp³-hybridized carbons (Fsp3) is 0.417. The molecule has 88 valence electrons. The van der Waals surface area contributed by atoms with Gasteiger partial charge in [-0.2, -0.15) is 11.3 Å². The molecular weight excluding hydrogens is 222 g/mol. The van der Waals surface area contributed by atoms with Gasteiger partial charge in [0.15, 0.2) is 0 Å². The molecule has 16 heavy (non-hydrogen) atoms. The van der Waals surface area contributed by atoms with Crippen molar-refractivity contribution >= 4 is 17.3 Å². The third-order valence-electron chi connectivity index (χ3n) is 2.34. The van der Waals surface area contributed by atoms with Gasteiger partial charge in [-0.1, -0.05) is 13.0 Å². The topological polar surface area (TPSA) is 40.5 Å². The minimum atomic E-state index is -0.813. The number of carboxylic acids is 1. The Morgan fingerprint density at radius 3 is 2.88 bits per heavy atom. The minimum Gasteiger partial charge on any atom is -0.478 e. The first-order chi connectivity index (χ1) is 7.63. The first-order valence-electron chi connectivity index (χ1n) is 5.25. The molecule has 0 fully saturated rings. The summed E-state index contributed by atoms with van der Waals surface area (Å²) in [5, 5.41) is 13.0. The van der Waals surface area contributed by atoms with Crippen LogP contribution in [0.3, 0.4) is 0 Å². The largest absolute Gasteiger partial charge is 0.478 e. The lowest BCUT2D eigenvalue weighted by Gasteiger charge is -2.13. The molecule has 0 bridgehead atoms. The van der Waals surface area contributed by atoms with Crippen LogP contribution in [-0.2, 0) is 11.3 Å². The molecule has 1 N–H and O–H groups in total. The fourth-order valence-electron chi connectivity index (χ4n) is 1.41. The highest BCUT2D eigenvalue weighted by Gasteiger charge is 2.04. The predicted octanol–water partition coefficient (Wildman–Crippen LogP) is 2.60. The number of likely N-dealkylation sites (N-methyl/N-ethyl adjacent to an activating group) is 1. The molecule has 0 aromatic carbocycles. The Morgan fingerprint density at radius 1 is 1.62 bits per heavy atom. The van der Waals surface area contributed by atoms with Crippen molar-refractivity contribution in [3.8, 4) is 0 Å². The summed E-state index contributed by atoms with van der Waals surface area (Å²) in [6, 6.07) is 2.09. The Morgan fingerprint density at radius 2 is 2.38 bits per heavy atom. The van der Waals surface area contributed by atoms with Gasteiger partial charge in [-0.3, -0.25) is 4.90 Å². The maximum absolute atomic E-state index is 10.8. The zero-order valence-electron chi connectivity index (χ0n) is 9.64. The molecule has 0 radical (unpaired) electrons. The smallest absolute Gasteiger partial charge is 0.331 e. The molecule has 0 aliphatic rings. The van der Waals surface area contributed by atoms with Gasteiger partial charge >= 0.3 is 5.97 Å². The van der Waals surface area contributed by atoms with Crippen molar-refractivity contribution in [3.05, 3.63) is 34.0 Å². The van der Waals surface area contributed by atoms with Gasteiger partial charge in [-0.15, -0.1) is 0 Å². The summed E-state index contributed by atoms with van der Waals surface area (Å²) < 4.78 is 0. The molecule has 0 aliphatic carbocycles. The normalized spacial score (nSPS) is 12.1. The van der Waals surface area contributed by atoms with E-state index < -0.39 is 5.97 Å². The highest BCUT2D eigenvalue weighted by atomic mass is 32.1. The summed E-state index contributed by atoms with van der Waals surface area (Å²) in [6.07, 6.45) is 2.36. The van der Waals surface area contributed by atoms with Gasteiger partial charge in [0.05, 0.1) is 0 Å². The Labute approximate surface area is 100 Å². The van der Waals surface area contributed by atoms with Gasteiger partial charge in [0.1, 0.15) is 0 Å². The van der Waals surface area contributed by atoms with Crippen LogP contribution in [0.2, 0.25) is 0 Å². The lowest BCUT2D eigenvalue weighted by Crippen LogP contribution is -2.18. The molecular formula is C12H17NO2S. The van der Waals surface area contributed by atoms with E-state index in [2.05, 4.69) is 16.3 Å². The van der Waals surface area contributed by atoms with E-state index in [4.69, 9.17) is 5.11 Å². The van der Waals surface area contributed by atoms with Gasteiger partial charge in [0.25, 0.3) is 0 Å². The fourth-order valence-corrected chi connectivity index (χ4v) is 2.07. The summed E-state index contributed by atoms with van der Waals surface area (Å²) in [4.78, 5) is 12.9. The van der Waals surface area contributed by atoms with E-state index in [9.17, 15) is 4.79 Å². The van der Waals surface area contributed by atoms with E-state index in [0.29, 0.717) is 18.5 Å². The molecule has 1 aromatic heterocycles. The van der Waals surface area contributed by atoms with Gasteiger partial charge in [-0.05, 0) is 35.9 Å². The average molecular weight is 239 g/mol. The first-order valence-corrected chi connectivity index (χ1v) is 6.19. The molecule has 0 amide bonds. The lowest BCUT2D eigenvalue weighted by atomic mass is 10.2. The van der Waals surface area contributed by atoms with Crippen LogP contribution in [0.1, 0.15) is 18.9 Å². The van der Waals surface area contributed by atoms with Crippen LogP contribution in [-0.4, -0.2) is 29.6 Å². The van der Waals surface area contributed by atoms with E-state index in [1.165, 1.54) is 5.56 Å². The Balaban J connectivity index is 2.45. The first kappa shape index (κ1) is 12.9. The lowest BCUT2D eigenvalue weighted by molar-refractivity contribution is -0.132. The predicted molar refractivity (Wildman–Crippen MR) is 66.7 cm³/mol. The summed E-state index contributed by atoms with van der Waals surface area (Å²) in [7, 11) is 1.99. The van der Waals surface area contributed by atoms with Crippen molar-refractivity contribution in [1.29, 1.82) is 0 Å². The molecule has 3 nitrogen and oxygen atoms in total. The zero-order chi connectivity index (χ0) is 12.0. The number of hydrogen-bond acceptors (Lipinski definition) is 3. The van der Waals surface area contributed by atoms with Crippen molar-refractivity contribution in [2.45, 2.75) is 19.9 Å². The van der Waals surface area contributed by atoms with Crippen LogP contribution in [0.25, 0.3) is 0 Å². The number of aliphatic carboxylic acids is 1. The number of rotatable bonds is 6. The van der Waals surface area contributed by atoms with Gasteiger partial charge in [-0.25, -0.2) is 4.79 Å². The Bertz CT molecular complexity index is 357. The van der Waals surface area contributed by atoms with Crippen molar-refractivity contribution in [1.82, 2.24) is 4.90 Å². The molecule has 0 aliphatic heterocycles. The van der Waals surface area contributed by atoms with E-state index in [1.807, 2.05) is 19.4 Å². The third kappa shape index (κ3) is 4.16. The Hall–Kier alpha value is -1.13. The third-order valence-corrected chi connectivity index (χ3v) is 3.07. The van der Waals surface area contributed by atoms with Crippen LogP contribution in [0, 0.1) is 0 Å². The molecule has 0 atom stereocenters. The highest BCUT2D eigenvalue weighted by molar-refractivity contribution is 7.07. The molecule has 0 saturated carbocycles. The second kappa shape index (κ2) is 6.45. The van der Waals surface area contributed by atoms with E-state index in [1.54, 1.807) is 17.4 Å². The van der Waals surface area contributed by atoms with Crippen molar-refractivity contribution in [2.24, 2.45) is 0 Å². The minimum absolute atomic E-state index is 0.483. The number of thiophene rings is 1. The second-order valence-electron chi connectivity index (χ2n) is 3.72. The monoisotopic (exact) mass is 239 g/mol. The van der Waals surface area contributed by atoms with Crippen molar-refractivity contribution < 1.29 is 9.90 Å². The SMILES string of the molecule is CCC(=CCN(C)Cc1ccsc1)C(=O)O.